The van der Waals surface area contributed by atoms with E-state index >= 15 is 0 Å². The van der Waals surface area contributed by atoms with Crippen LogP contribution in [0.4, 0.5) is 0 Å². The monoisotopic (exact) mass is 402 g/mol. The number of rotatable bonds is 7. The van der Waals surface area contributed by atoms with Gasteiger partial charge in [-0.25, -0.2) is 4.99 Å². The highest BCUT2D eigenvalue weighted by Gasteiger charge is 2.15. The summed E-state index contributed by atoms with van der Waals surface area (Å²) in [6, 6.07) is 8.67. The van der Waals surface area contributed by atoms with Crippen LogP contribution in [0, 0.1) is 6.92 Å². The molecule has 0 spiro atoms. The number of hydrogen-bond acceptors (Lipinski definition) is 5. The number of hydrogen-bond donors (Lipinski definition) is 2. The number of aliphatic imine (C=N–C) groups is 1. The molecule has 1 unspecified atom stereocenters. The highest BCUT2D eigenvalue weighted by Crippen LogP contribution is 2.17. The van der Waals surface area contributed by atoms with E-state index in [0.717, 1.165) is 42.1 Å². The molecular weight excluding hydrogens is 372 g/mol. The fourth-order valence-corrected chi connectivity index (χ4v) is 4.13. The number of nitrogens with one attached hydrogen (secondary N) is 2. The summed E-state index contributed by atoms with van der Waals surface area (Å²) in [4.78, 5) is 4.76. The predicted molar refractivity (Wildman–Crippen MR) is 115 cm³/mol. The van der Waals surface area contributed by atoms with Gasteiger partial charge in [-0.1, -0.05) is 12.1 Å². The molecule has 0 bridgehead atoms. The highest BCUT2D eigenvalue weighted by molar-refractivity contribution is 7.99. The van der Waals surface area contributed by atoms with Crippen molar-refractivity contribution in [1.82, 2.24) is 25.4 Å². The van der Waals surface area contributed by atoms with Crippen molar-refractivity contribution in [2.24, 2.45) is 12.0 Å². The van der Waals surface area contributed by atoms with Gasteiger partial charge in [-0.05, 0) is 49.6 Å². The van der Waals surface area contributed by atoms with Crippen LogP contribution in [-0.2, 0) is 20.0 Å². The van der Waals surface area contributed by atoms with Crippen LogP contribution < -0.4 is 15.4 Å². The molecule has 2 aromatic rings. The molecule has 0 saturated carbocycles. The van der Waals surface area contributed by atoms with E-state index in [1.54, 1.807) is 7.11 Å². The highest BCUT2D eigenvalue weighted by atomic mass is 32.2. The number of thioether (sulfide) groups is 1. The van der Waals surface area contributed by atoms with E-state index in [9.17, 15) is 0 Å². The number of benzene rings is 1. The molecule has 1 fully saturated rings. The summed E-state index contributed by atoms with van der Waals surface area (Å²) in [5, 5.41) is 15.4. The molecule has 8 heteroatoms. The molecule has 2 heterocycles. The first-order chi connectivity index (χ1) is 13.7. The van der Waals surface area contributed by atoms with E-state index in [1.165, 1.54) is 24.2 Å². The van der Waals surface area contributed by atoms with E-state index in [2.05, 4.69) is 33.0 Å². The minimum atomic E-state index is 0.465. The van der Waals surface area contributed by atoms with Gasteiger partial charge in [-0.3, -0.25) is 0 Å². The maximum atomic E-state index is 5.22. The van der Waals surface area contributed by atoms with Gasteiger partial charge >= 0.3 is 0 Å². The molecule has 1 aromatic heterocycles. The number of aryl methyl sites for hydroxylation is 1. The van der Waals surface area contributed by atoms with Gasteiger partial charge in [0.15, 0.2) is 11.8 Å². The molecule has 2 N–H and O–H groups in total. The summed E-state index contributed by atoms with van der Waals surface area (Å²) in [5.41, 5.74) is 1.27. The van der Waals surface area contributed by atoms with Crippen LogP contribution >= 0.6 is 11.8 Å². The minimum Gasteiger partial charge on any atom is -0.497 e. The zero-order valence-corrected chi connectivity index (χ0v) is 17.8. The molecule has 152 valence electrons. The molecule has 7 nitrogen and oxygen atoms in total. The van der Waals surface area contributed by atoms with E-state index in [4.69, 9.17) is 9.73 Å². The van der Waals surface area contributed by atoms with Gasteiger partial charge in [-0.15, -0.1) is 10.2 Å². The molecular formula is C20H30N6OS. The molecule has 0 aliphatic carbocycles. The summed E-state index contributed by atoms with van der Waals surface area (Å²) in [6.07, 6.45) is 3.37. The zero-order valence-electron chi connectivity index (χ0n) is 16.9. The Labute approximate surface area is 171 Å². The Morgan fingerprint density at radius 1 is 1.32 bits per heavy atom. The lowest BCUT2D eigenvalue weighted by atomic mass is 10.1. The fraction of sp³-hybridized carbons (Fsp3) is 0.550. The van der Waals surface area contributed by atoms with Crippen molar-refractivity contribution in [3.63, 3.8) is 0 Å². The van der Waals surface area contributed by atoms with Crippen LogP contribution in [0.25, 0.3) is 0 Å². The number of guanidine groups is 1. The normalized spacial score (nSPS) is 17.4. The first kappa shape index (κ1) is 20.5. The van der Waals surface area contributed by atoms with Crippen molar-refractivity contribution in [3.8, 4) is 5.75 Å². The number of ether oxygens (including phenoxy) is 1. The molecule has 1 saturated heterocycles. The van der Waals surface area contributed by atoms with Crippen LogP contribution in [0.1, 0.15) is 30.1 Å². The van der Waals surface area contributed by atoms with Crippen LogP contribution in [-0.4, -0.2) is 51.9 Å². The lowest BCUT2D eigenvalue weighted by Gasteiger charge is -2.24. The average Bonchev–Trinajstić information content (AvgIpc) is 3.05. The van der Waals surface area contributed by atoms with Gasteiger partial charge in [0.05, 0.1) is 7.11 Å². The SMILES string of the molecule is COc1ccc(CCNC(=NCc2nnc(C)n2C)NC2CCCSC2)cc1. The largest absolute Gasteiger partial charge is 0.497 e. The first-order valence-electron chi connectivity index (χ1n) is 9.76. The van der Waals surface area contributed by atoms with Crippen molar-refractivity contribution >= 4 is 17.7 Å². The molecule has 0 amide bonds. The third kappa shape index (κ3) is 5.89. The molecule has 1 aliphatic heterocycles. The Kier molecular flexibility index (Phi) is 7.59. The first-order valence-corrected chi connectivity index (χ1v) is 10.9. The number of methoxy groups -OCH3 is 1. The summed E-state index contributed by atoms with van der Waals surface area (Å²) < 4.78 is 7.20. The van der Waals surface area contributed by atoms with Crippen molar-refractivity contribution < 1.29 is 4.74 Å². The summed E-state index contributed by atoms with van der Waals surface area (Å²) in [5.74, 6) is 5.88. The van der Waals surface area contributed by atoms with E-state index < -0.39 is 0 Å². The predicted octanol–water partition coefficient (Wildman–Crippen LogP) is 2.31. The summed E-state index contributed by atoms with van der Waals surface area (Å²) in [6.45, 7) is 3.27. The van der Waals surface area contributed by atoms with Gasteiger partial charge in [0.1, 0.15) is 18.1 Å². The Bertz CT molecular complexity index is 768. The topological polar surface area (TPSA) is 76.4 Å². The molecule has 28 heavy (non-hydrogen) atoms. The fourth-order valence-electron chi connectivity index (χ4n) is 3.06. The zero-order chi connectivity index (χ0) is 19.8. The van der Waals surface area contributed by atoms with Crippen molar-refractivity contribution in [3.05, 3.63) is 41.5 Å². The smallest absolute Gasteiger partial charge is 0.191 e. The third-order valence-electron chi connectivity index (χ3n) is 4.93. The molecule has 0 radical (unpaired) electrons. The van der Waals surface area contributed by atoms with Gasteiger partial charge in [0.25, 0.3) is 0 Å². The van der Waals surface area contributed by atoms with Crippen molar-refractivity contribution in [2.45, 2.75) is 38.8 Å². The van der Waals surface area contributed by atoms with E-state index in [0.29, 0.717) is 12.6 Å². The summed E-state index contributed by atoms with van der Waals surface area (Å²) >= 11 is 2.01. The quantitative estimate of drug-likeness (QED) is 0.547. The molecule has 1 aromatic carbocycles. The van der Waals surface area contributed by atoms with Crippen LogP contribution in [0.2, 0.25) is 0 Å². The number of aromatic nitrogens is 3. The standard InChI is InChI=1S/C20H30N6OS/c1-15-24-25-19(26(15)2)13-22-20(23-17-5-4-12-28-14-17)21-11-10-16-6-8-18(27-3)9-7-16/h6-9,17H,4-5,10-14H2,1-3H3,(H2,21,22,23). The Morgan fingerprint density at radius 2 is 2.14 bits per heavy atom. The van der Waals surface area contributed by atoms with Gasteiger partial charge in [0, 0.05) is 25.4 Å². The Morgan fingerprint density at radius 3 is 2.79 bits per heavy atom. The second kappa shape index (κ2) is 10.4. The van der Waals surface area contributed by atoms with E-state index in [1.807, 2.05) is 42.4 Å². The summed E-state index contributed by atoms with van der Waals surface area (Å²) in [7, 11) is 3.66. The Balaban J connectivity index is 1.59. The third-order valence-corrected chi connectivity index (χ3v) is 6.14. The average molecular weight is 403 g/mol. The molecule has 1 atom stereocenters. The van der Waals surface area contributed by atoms with Gasteiger partial charge in [0.2, 0.25) is 0 Å². The van der Waals surface area contributed by atoms with E-state index in [-0.39, 0.29) is 0 Å². The van der Waals surface area contributed by atoms with Crippen molar-refractivity contribution in [2.75, 3.05) is 25.2 Å². The maximum Gasteiger partial charge on any atom is 0.191 e. The second-order valence-electron chi connectivity index (χ2n) is 6.97. The maximum absolute atomic E-state index is 5.22. The second-order valence-corrected chi connectivity index (χ2v) is 8.12. The minimum absolute atomic E-state index is 0.465. The lowest BCUT2D eigenvalue weighted by molar-refractivity contribution is 0.414. The number of nitrogens with zero attached hydrogens (tertiary/aromatic N) is 4. The molecule has 3 rings (SSSR count). The van der Waals surface area contributed by atoms with Gasteiger partial charge < -0.3 is 19.9 Å². The van der Waals surface area contributed by atoms with Crippen LogP contribution in [0.3, 0.4) is 0 Å². The van der Waals surface area contributed by atoms with Crippen LogP contribution in [0.15, 0.2) is 29.3 Å². The van der Waals surface area contributed by atoms with Gasteiger partial charge in [-0.2, -0.15) is 11.8 Å². The Hall–Kier alpha value is -2.22. The van der Waals surface area contributed by atoms with Crippen LogP contribution in [0.5, 0.6) is 5.75 Å². The lowest BCUT2D eigenvalue weighted by Crippen LogP contribution is -2.46. The van der Waals surface area contributed by atoms with Crippen molar-refractivity contribution in [1.29, 1.82) is 0 Å². The molecule has 1 aliphatic rings.